The van der Waals surface area contributed by atoms with Crippen LogP contribution in [0.25, 0.3) is 0 Å². The van der Waals surface area contributed by atoms with Crippen LogP contribution in [0.2, 0.25) is 0 Å². The smallest absolute Gasteiger partial charge is 0 e. The summed E-state index contributed by atoms with van der Waals surface area (Å²) in [5.41, 5.74) is 0. The molecule has 1 nitrogen and oxygen atoms in total. The molecule has 0 aromatic heterocycles. The lowest BCUT2D eigenvalue weighted by atomic mass is 11.0. The van der Waals surface area contributed by atoms with Crippen LogP contribution in [0.5, 0.6) is 0 Å². The Morgan fingerprint density at radius 1 is 1.50 bits per heavy atom. The third-order valence-corrected chi connectivity index (χ3v) is 0. The Balaban J connectivity index is 0. The van der Waals surface area contributed by atoms with Gasteiger partial charge in [0.15, 0.2) is 0 Å². The van der Waals surface area contributed by atoms with Crippen LogP contribution in [-0.2, 0) is 0 Å². The van der Waals surface area contributed by atoms with Gasteiger partial charge in [-0.25, -0.2) is 0 Å². The predicted octanol–water partition coefficient (Wildman–Crippen LogP) is 0.424. The van der Waals surface area contributed by atoms with E-state index in [9.17, 15) is 0 Å². The van der Waals surface area contributed by atoms with Crippen LogP contribution in [-0.4, -0.2) is 26.0 Å². The van der Waals surface area contributed by atoms with Crippen LogP contribution in [0, 0.1) is 0 Å². The average Bonchev–Trinajstić information content (AvgIpc) is 1.41. The summed E-state index contributed by atoms with van der Waals surface area (Å²) in [7, 11) is 6.00. The molecular formula is C3H11N. The standard InChI is InChI=1S/C3H9N.H2/c1-4(2)3;/h1-3H3;1H/i;1+2T. The van der Waals surface area contributed by atoms with E-state index in [0.29, 0.717) is 0 Å². The Bertz CT molecular complexity index is 13.5. The van der Waals surface area contributed by atoms with Crippen LogP contribution in [0.15, 0.2) is 0 Å². The molecule has 0 amide bonds. The summed E-state index contributed by atoms with van der Waals surface area (Å²) < 4.78 is 10.0. The minimum absolute atomic E-state index is 2.00. The SMILES string of the molecule is CN(C)C.[3H][3H]. The number of nitrogens with zero attached hydrogens (tertiary/aromatic N) is 1. The Morgan fingerprint density at radius 3 is 1.50 bits per heavy atom. The summed E-state index contributed by atoms with van der Waals surface area (Å²) in [4.78, 5) is 2.00. The highest BCUT2D eigenvalue weighted by Crippen LogP contribution is 1.47. The molecule has 0 aliphatic heterocycles. The Labute approximate surface area is 30.3 Å². The van der Waals surface area contributed by atoms with Crippen molar-refractivity contribution in [2.75, 3.05) is 21.1 Å². The zero-order chi connectivity index (χ0) is 5.58. The summed E-state index contributed by atoms with van der Waals surface area (Å²) in [6.45, 7) is 0. The molecule has 0 heterocycles. The summed E-state index contributed by atoms with van der Waals surface area (Å²) in [6.07, 6.45) is 0. The molecule has 28 valence electrons. The fourth-order valence-electron chi connectivity index (χ4n) is 0. The molecule has 0 aromatic rings. The molecule has 0 aliphatic carbocycles. The van der Waals surface area contributed by atoms with E-state index in [4.69, 9.17) is 2.97 Å². The van der Waals surface area contributed by atoms with Crippen molar-refractivity contribution in [2.24, 2.45) is 0 Å². The fraction of sp³-hybridized carbons (Fsp3) is 1.00. The van der Waals surface area contributed by atoms with Crippen LogP contribution < -0.4 is 0 Å². The van der Waals surface area contributed by atoms with Crippen molar-refractivity contribution in [1.29, 1.82) is 0 Å². The zero-order valence-corrected chi connectivity index (χ0v) is 3.45. The summed E-state index contributed by atoms with van der Waals surface area (Å²) in [5.74, 6) is 0. The van der Waals surface area contributed by atoms with Gasteiger partial charge in [-0.2, -0.15) is 0 Å². The molecule has 0 saturated carbocycles. The van der Waals surface area contributed by atoms with Gasteiger partial charge in [-0.15, -0.1) is 0 Å². The van der Waals surface area contributed by atoms with Gasteiger partial charge in [-0.05, 0) is 21.1 Å². The van der Waals surface area contributed by atoms with Gasteiger partial charge in [0.2, 0.25) is 0 Å². The molecule has 0 N–H and O–H groups in total. The second-order valence-corrected chi connectivity index (χ2v) is 1.34. The third-order valence-electron chi connectivity index (χ3n) is 0. The number of hydrogen-bond acceptors (Lipinski definition) is 1. The molecular weight excluding hydrogens is 50.0 g/mol. The fourth-order valence-corrected chi connectivity index (χ4v) is 0. The summed E-state index contributed by atoms with van der Waals surface area (Å²) in [5, 5.41) is 0. The molecule has 4 heavy (non-hydrogen) atoms. The van der Waals surface area contributed by atoms with E-state index < -0.39 is 0 Å². The highest BCUT2D eigenvalue weighted by atomic mass is 15.0. The van der Waals surface area contributed by atoms with Crippen molar-refractivity contribution >= 4 is 0 Å². The Kier molecular flexibility index (Phi) is 0.718. The van der Waals surface area contributed by atoms with Crippen molar-refractivity contribution in [1.82, 2.24) is 4.90 Å². The lowest BCUT2D eigenvalue weighted by molar-refractivity contribution is 0.505. The van der Waals surface area contributed by atoms with Crippen LogP contribution in [0.1, 0.15) is 2.97 Å². The van der Waals surface area contributed by atoms with Gasteiger partial charge in [0, 0.05) is 2.97 Å². The third kappa shape index (κ3) is 1130. The van der Waals surface area contributed by atoms with Crippen LogP contribution in [0.3, 0.4) is 0 Å². The molecule has 0 bridgehead atoms. The first-order valence-electron chi connectivity index (χ1n) is 2.34. The molecule has 0 aliphatic rings. The summed E-state index contributed by atoms with van der Waals surface area (Å²) >= 11 is 0. The van der Waals surface area contributed by atoms with Gasteiger partial charge in [-0.3, -0.25) is 0 Å². The van der Waals surface area contributed by atoms with E-state index >= 15 is 0 Å². The maximum absolute atomic E-state index is 5.00. The highest BCUT2D eigenvalue weighted by molar-refractivity contribution is 4.09. The summed E-state index contributed by atoms with van der Waals surface area (Å²) in [6, 6.07) is 0. The second kappa shape index (κ2) is 1.30. The lowest BCUT2D eigenvalue weighted by Crippen LogP contribution is -1.99. The molecule has 1 heteroatoms. The molecule has 0 unspecified atom stereocenters. The van der Waals surface area contributed by atoms with Crippen molar-refractivity contribution in [3.05, 3.63) is 0 Å². The maximum atomic E-state index is 5.00. The molecule has 0 fully saturated rings. The topological polar surface area (TPSA) is 3.24 Å². The first-order valence-corrected chi connectivity index (χ1v) is 1.34. The normalized spacial score (nSPS) is 11.0. The highest BCUT2D eigenvalue weighted by Gasteiger charge is 1.58. The average molecular weight is 65.1 g/mol. The van der Waals surface area contributed by atoms with E-state index in [1.807, 2.05) is 26.0 Å². The largest absolute Gasteiger partial charge is 0.312 e. The van der Waals surface area contributed by atoms with Gasteiger partial charge in [0.1, 0.15) is 0 Å². The monoisotopic (exact) mass is 65.1 g/mol. The molecule has 0 rings (SSSR count). The molecule has 0 spiro atoms. The van der Waals surface area contributed by atoms with E-state index in [1.165, 1.54) is 0 Å². The van der Waals surface area contributed by atoms with Gasteiger partial charge < -0.3 is 4.90 Å². The predicted molar refractivity (Wildman–Crippen MR) is 21.7 cm³/mol. The van der Waals surface area contributed by atoms with E-state index in [1.54, 1.807) is 0 Å². The zero-order valence-electron chi connectivity index (χ0n) is 5.45. The number of hydrogen-bond donors (Lipinski definition) is 0. The second-order valence-electron chi connectivity index (χ2n) is 1.34. The Morgan fingerprint density at radius 2 is 1.50 bits per heavy atom. The molecule has 0 aromatic carbocycles. The molecule has 0 radical (unpaired) electrons. The van der Waals surface area contributed by atoms with Crippen molar-refractivity contribution in [2.45, 2.75) is 0 Å². The molecule has 0 saturated heterocycles. The lowest BCUT2D eigenvalue weighted by Gasteiger charge is -1.90. The minimum atomic E-state index is 2.00. The van der Waals surface area contributed by atoms with Gasteiger partial charge in [-0.1, -0.05) is 0 Å². The van der Waals surface area contributed by atoms with Crippen LogP contribution in [0.4, 0.5) is 0 Å². The first-order chi connectivity index (χ1) is 2.73. The van der Waals surface area contributed by atoms with Crippen molar-refractivity contribution < 1.29 is 2.97 Å². The minimum Gasteiger partial charge on any atom is -0.312 e. The van der Waals surface area contributed by atoms with E-state index in [-0.39, 0.29) is 0 Å². The molecule has 0 atom stereocenters. The van der Waals surface area contributed by atoms with E-state index in [0.717, 1.165) is 0 Å². The van der Waals surface area contributed by atoms with Gasteiger partial charge in [0.25, 0.3) is 0 Å². The van der Waals surface area contributed by atoms with Crippen molar-refractivity contribution in [3.8, 4) is 0 Å². The Hall–Kier alpha value is -0.0400. The number of rotatable bonds is 0. The van der Waals surface area contributed by atoms with Crippen LogP contribution >= 0.6 is 0 Å². The quantitative estimate of drug-likeness (QED) is 0.395. The first kappa shape index (κ1) is 2.21. The van der Waals surface area contributed by atoms with E-state index in [2.05, 4.69) is 0 Å². The van der Waals surface area contributed by atoms with Crippen molar-refractivity contribution in [3.63, 3.8) is 0 Å². The maximum Gasteiger partial charge on any atom is 0 e. The van der Waals surface area contributed by atoms with Gasteiger partial charge >= 0.3 is 0 Å². The van der Waals surface area contributed by atoms with Gasteiger partial charge in [0.05, 0.1) is 0 Å².